The number of rotatable bonds is 3. The molecule has 0 unspecified atom stereocenters. The Bertz CT molecular complexity index is 1400. The van der Waals surface area contributed by atoms with Crippen LogP contribution in [0.3, 0.4) is 0 Å². The second-order valence-electron chi connectivity index (χ2n) is 8.16. The number of para-hydroxylation sites is 2. The normalized spacial score (nSPS) is 15.4. The zero-order chi connectivity index (χ0) is 22.4. The molecule has 0 fully saturated rings. The minimum Gasteiger partial charge on any atom is -0.344 e. The van der Waals surface area contributed by atoms with E-state index in [1.807, 2.05) is 73.9 Å². The summed E-state index contributed by atoms with van der Waals surface area (Å²) >= 11 is 0. The Morgan fingerprint density at radius 1 is 1.03 bits per heavy atom. The molecule has 0 aliphatic carbocycles. The van der Waals surface area contributed by atoms with E-state index in [1.165, 1.54) is 12.1 Å². The van der Waals surface area contributed by atoms with E-state index in [1.54, 1.807) is 6.07 Å². The van der Waals surface area contributed by atoms with Gasteiger partial charge in [-0.2, -0.15) is 0 Å². The first-order valence-corrected chi connectivity index (χ1v) is 10.5. The Labute approximate surface area is 185 Å². The minimum absolute atomic E-state index is 0.236. The fourth-order valence-electron chi connectivity index (χ4n) is 4.37. The number of amides is 1. The molecule has 0 radical (unpaired) electrons. The third-order valence-corrected chi connectivity index (χ3v) is 5.90. The Kier molecular flexibility index (Phi) is 4.78. The topological polar surface area (TPSA) is 59.0 Å². The number of nitrogens with one attached hydrogen (secondary N) is 2. The molecule has 0 saturated carbocycles. The molecule has 6 heteroatoms. The zero-order valence-corrected chi connectivity index (χ0v) is 18.1. The van der Waals surface area contributed by atoms with Crippen LogP contribution in [0.4, 0.5) is 16.0 Å². The summed E-state index contributed by atoms with van der Waals surface area (Å²) in [5.41, 5.74) is 6.52. The highest BCUT2D eigenvalue weighted by Gasteiger charge is 2.33. The van der Waals surface area contributed by atoms with E-state index in [0.29, 0.717) is 17.1 Å². The number of nitrogens with zero attached hydrogens (tertiary/aromatic N) is 2. The van der Waals surface area contributed by atoms with E-state index in [-0.39, 0.29) is 11.7 Å². The van der Waals surface area contributed by atoms with Gasteiger partial charge in [0.1, 0.15) is 5.82 Å². The number of imidazole rings is 1. The van der Waals surface area contributed by atoms with Crippen LogP contribution in [0, 0.1) is 19.7 Å². The van der Waals surface area contributed by atoms with Crippen molar-refractivity contribution in [3.8, 4) is 0 Å². The van der Waals surface area contributed by atoms with Gasteiger partial charge in [0.2, 0.25) is 5.95 Å². The van der Waals surface area contributed by atoms with Crippen LogP contribution in [-0.2, 0) is 4.79 Å². The molecule has 1 amide bonds. The number of fused-ring (bicyclic) bond motifs is 3. The molecule has 5 nitrogen and oxygen atoms in total. The Morgan fingerprint density at radius 3 is 2.62 bits per heavy atom. The van der Waals surface area contributed by atoms with Crippen LogP contribution >= 0.6 is 0 Å². The van der Waals surface area contributed by atoms with Crippen molar-refractivity contribution in [1.82, 2.24) is 9.55 Å². The Morgan fingerprint density at radius 2 is 1.84 bits per heavy atom. The number of aryl methyl sites for hydroxylation is 2. The van der Waals surface area contributed by atoms with Crippen LogP contribution in [0.1, 0.15) is 29.7 Å². The fourth-order valence-corrected chi connectivity index (χ4v) is 4.37. The average Bonchev–Trinajstić information content (AvgIpc) is 3.14. The van der Waals surface area contributed by atoms with Crippen molar-refractivity contribution in [3.63, 3.8) is 0 Å². The van der Waals surface area contributed by atoms with Crippen LogP contribution < -0.4 is 10.6 Å². The summed E-state index contributed by atoms with van der Waals surface area (Å²) in [7, 11) is 0. The standard InChI is InChI=1S/C26H23FN4O/c1-15-11-12-20(16(2)13-15)28-25(32)23-17(3)31-22-10-5-4-9-21(22)29-26(31)30-24(23)18-7-6-8-19(27)14-18/h4-14,24H,1-3H3,(H,28,32)(H,29,30)/t24-/m0/s1. The molecular formula is C26H23FN4O. The van der Waals surface area contributed by atoms with Crippen LogP contribution in [0.5, 0.6) is 0 Å². The van der Waals surface area contributed by atoms with E-state index < -0.39 is 6.04 Å². The van der Waals surface area contributed by atoms with Crippen molar-refractivity contribution in [2.24, 2.45) is 0 Å². The van der Waals surface area contributed by atoms with Gasteiger partial charge >= 0.3 is 0 Å². The SMILES string of the molecule is CC1=C(C(=O)Nc2ccc(C)cc2C)[C@H](c2cccc(F)c2)Nc2nc3ccccc3n21. The van der Waals surface area contributed by atoms with Crippen molar-refractivity contribution in [2.45, 2.75) is 26.8 Å². The molecule has 2 N–H and O–H groups in total. The summed E-state index contributed by atoms with van der Waals surface area (Å²) in [6, 6.07) is 19.5. The van der Waals surface area contributed by atoms with Gasteiger partial charge in [-0.3, -0.25) is 9.36 Å². The van der Waals surface area contributed by atoms with Crippen LogP contribution in [-0.4, -0.2) is 15.5 Å². The van der Waals surface area contributed by atoms with E-state index in [0.717, 1.165) is 33.5 Å². The van der Waals surface area contributed by atoms with Crippen LogP contribution in [0.15, 0.2) is 72.3 Å². The van der Waals surface area contributed by atoms with Gasteiger partial charge < -0.3 is 10.6 Å². The highest BCUT2D eigenvalue weighted by molar-refractivity contribution is 6.10. The summed E-state index contributed by atoms with van der Waals surface area (Å²) in [6.07, 6.45) is 0. The molecule has 1 aliphatic rings. The second kappa shape index (κ2) is 7.64. The molecule has 1 aliphatic heterocycles. The first-order chi connectivity index (χ1) is 15.4. The smallest absolute Gasteiger partial charge is 0.255 e. The number of anilines is 2. The number of carbonyl (C=O) groups is 1. The molecule has 0 spiro atoms. The number of carbonyl (C=O) groups excluding carboxylic acids is 1. The van der Waals surface area contributed by atoms with Crippen LogP contribution in [0.2, 0.25) is 0 Å². The summed E-state index contributed by atoms with van der Waals surface area (Å²) in [4.78, 5) is 18.3. The first kappa shape index (κ1) is 20.0. The molecule has 0 saturated heterocycles. The average molecular weight is 426 g/mol. The summed E-state index contributed by atoms with van der Waals surface area (Å²) < 4.78 is 16.0. The van der Waals surface area contributed by atoms with Crippen molar-refractivity contribution in [1.29, 1.82) is 0 Å². The molecule has 3 aromatic carbocycles. The van der Waals surface area contributed by atoms with Crippen molar-refractivity contribution in [3.05, 3.63) is 94.8 Å². The van der Waals surface area contributed by atoms with Crippen LogP contribution in [0.25, 0.3) is 16.7 Å². The molecule has 1 aromatic heterocycles. The quantitative estimate of drug-likeness (QED) is 0.433. The number of halogens is 1. The molecular weight excluding hydrogens is 403 g/mol. The lowest BCUT2D eigenvalue weighted by molar-refractivity contribution is -0.113. The van der Waals surface area contributed by atoms with Gasteiger partial charge in [-0.25, -0.2) is 9.37 Å². The third kappa shape index (κ3) is 3.34. The molecule has 1 atom stereocenters. The lowest BCUT2D eigenvalue weighted by atomic mass is 9.94. The number of aromatic nitrogens is 2. The van der Waals surface area contributed by atoms with E-state index in [2.05, 4.69) is 10.6 Å². The van der Waals surface area contributed by atoms with Gasteiger partial charge in [0.25, 0.3) is 5.91 Å². The number of hydrogen-bond donors (Lipinski definition) is 2. The maximum absolute atomic E-state index is 14.1. The van der Waals surface area contributed by atoms with Gasteiger partial charge in [-0.05, 0) is 62.2 Å². The second-order valence-corrected chi connectivity index (χ2v) is 8.16. The predicted molar refractivity (Wildman–Crippen MR) is 126 cm³/mol. The van der Waals surface area contributed by atoms with Gasteiger partial charge in [-0.1, -0.05) is 42.0 Å². The molecule has 4 aromatic rings. The largest absolute Gasteiger partial charge is 0.344 e. The van der Waals surface area contributed by atoms with Gasteiger partial charge in [0.15, 0.2) is 0 Å². The zero-order valence-electron chi connectivity index (χ0n) is 18.1. The Balaban J connectivity index is 1.66. The molecule has 5 rings (SSSR count). The molecule has 160 valence electrons. The molecule has 2 heterocycles. The Hall–Kier alpha value is -3.93. The lowest BCUT2D eigenvalue weighted by Crippen LogP contribution is -2.30. The summed E-state index contributed by atoms with van der Waals surface area (Å²) in [6.45, 7) is 5.89. The summed E-state index contributed by atoms with van der Waals surface area (Å²) in [5.74, 6) is 0.0378. The van der Waals surface area contributed by atoms with Gasteiger partial charge in [0.05, 0.1) is 22.6 Å². The number of hydrogen-bond acceptors (Lipinski definition) is 3. The monoisotopic (exact) mass is 426 g/mol. The highest BCUT2D eigenvalue weighted by atomic mass is 19.1. The molecule has 32 heavy (non-hydrogen) atoms. The minimum atomic E-state index is -0.541. The summed E-state index contributed by atoms with van der Waals surface area (Å²) in [5, 5.41) is 6.43. The van der Waals surface area contributed by atoms with Crippen molar-refractivity contribution >= 4 is 34.3 Å². The predicted octanol–water partition coefficient (Wildman–Crippen LogP) is 5.83. The van der Waals surface area contributed by atoms with Crippen molar-refractivity contribution < 1.29 is 9.18 Å². The fraction of sp³-hybridized carbons (Fsp3) is 0.154. The maximum Gasteiger partial charge on any atom is 0.255 e. The molecule has 0 bridgehead atoms. The third-order valence-electron chi connectivity index (χ3n) is 5.90. The maximum atomic E-state index is 14.1. The van der Waals surface area contributed by atoms with E-state index in [9.17, 15) is 9.18 Å². The highest BCUT2D eigenvalue weighted by Crippen LogP contribution is 2.39. The van der Waals surface area contributed by atoms with E-state index >= 15 is 0 Å². The van der Waals surface area contributed by atoms with Gasteiger partial charge in [0, 0.05) is 11.4 Å². The first-order valence-electron chi connectivity index (χ1n) is 10.5. The van der Waals surface area contributed by atoms with Crippen molar-refractivity contribution in [2.75, 3.05) is 10.6 Å². The van der Waals surface area contributed by atoms with E-state index in [4.69, 9.17) is 4.98 Å². The van der Waals surface area contributed by atoms with Gasteiger partial charge in [-0.15, -0.1) is 0 Å². The lowest BCUT2D eigenvalue weighted by Gasteiger charge is -2.30. The number of allylic oxidation sites excluding steroid dienone is 1. The number of benzene rings is 3.